The lowest BCUT2D eigenvalue weighted by Gasteiger charge is -1.97. The largest absolute Gasteiger partial charge is 0.463 e. The van der Waals surface area contributed by atoms with Crippen LogP contribution >= 0.6 is 11.3 Å². The molecular weight excluding hydrogens is 184 g/mol. The summed E-state index contributed by atoms with van der Waals surface area (Å²) < 4.78 is 4.80. The van der Waals surface area contributed by atoms with Gasteiger partial charge in [0, 0.05) is 11.0 Å². The van der Waals surface area contributed by atoms with Crippen LogP contribution in [0.25, 0.3) is 5.57 Å². The molecule has 0 spiro atoms. The molecule has 0 atom stereocenters. The van der Waals surface area contributed by atoms with Crippen LogP contribution in [0.3, 0.4) is 0 Å². The summed E-state index contributed by atoms with van der Waals surface area (Å²) >= 11 is 1.62. The lowest BCUT2D eigenvalue weighted by Crippen LogP contribution is -1.99. The van der Waals surface area contributed by atoms with E-state index in [4.69, 9.17) is 4.74 Å². The molecule has 1 aromatic heterocycles. The monoisotopic (exact) mass is 196 g/mol. The molecule has 0 unspecified atom stereocenters. The molecule has 0 radical (unpaired) electrons. The third-order valence-corrected chi connectivity index (χ3v) is 2.54. The highest BCUT2D eigenvalue weighted by Crippen LogP contribution is 2.19. The van der Waals surface area contributed by atoms with Crippen LogP contribution in [0, 0.1) is 0 Å². The Bertz CT molecular complexity index is 299. The minimum atomic E-state index is -0.270. The highest BCUT2D eigenvalue weighted by atomic mass is 32.1. The molecule has 70 valence electrons. The molecule has 0 saturated carbocycles. The van der Waals surface area contributed by atoms with Crippen molar-refractivity contribution >= 4 is 22.9 Å². The van der Waals surface area contributed by atoms with Gasteiger partial charge in [-0.25, -0.2) is 4.79 Å². The third-order valence-electron chi connectivity index (χ3n) is 1.53. The summed E-state index contributed by atoms with van der Waals surface area (Å²) in [5.74, 6) is -0.270. The minimum Gasteiger partial charge on any atom is -0.463 e. The Hall–Kier alpha value is -1.09. The summed E-state index contributed by atoms with van der Waals surface area (Å²) in [7, 11) is 0. The number of esters is 1. The molecule has 13 heavy (non-hydrogen) atoms. The molecule has 0 aliphatic carbocycles. The zero-order valence-electron chi connectivity index (χ0n) is 7.74. The van der Waals surface area contributed by atoms with Crippen molar-refractivity contribution in [2.45, 2.75) is 13.8 Å². The van der Waals surface area contributed by atoms with Gasteiger partial charge in [-0.2, -0.15) is 0 Å². The Kier molecular flexibility index (Phi) is 3.71. The maximum atomic E-state index is 11.1. The number of hydrogen-bond donors (Lipinski definition) is 0. The Morgan fingerprint density at radius 3 is 3.00 bits per heavy atom. The van der Waals surface area contributed by atoms with Crippen molar-refractivity contribution in [2.24, 2.45) is 0 Å². The third kappa shape index (κ3) is 3.03. The van der Waals surface area contributed by atoms with E-state index in [1.54, 1.807) is 18.3 Å². The summed E-state index contributed by atoms with van der Waals surface area (Å²) in [6.45, 7) is 4.13. The van der Waals surface area contributed by atoms with Gasteiger partial charge in [0.2, 0.25) is 0 Å². The number of ether oxygens (including phenoxy) is 1. The van der Waals surface area contributed by atoms with Gasteiger partial charge in [0.05, 0.1) is 6.61 Å². The summed E-state index contributed by atoms with van der Waals surface area (Å²) in [6, 6.07) is 3.94. The Labute approximate surface area is 81.8 Å². The topological polar surface area (TPSA) is 26.3 Å². The van der Waals surface area contributed by atoms with Crippen LogP contribution in [0.2, 0.25) is 0 Å². The fourth-order valence-corrected chi connectivity index (χ4v) is 1.64. The fourth-order valence-electron chi connectivity index (χ4n) is 0.935. The van der Waals surface area contributed by atoms with E-state index in [0.29, 0.717) is 6.61 Å². The first-order valence-electron chi connectivity index (χ1n) is 4.13. The van der Waals surface area contributed by atoms with E-state index >= 15 is 0 Å². The predicted molar refractivity (Wildman–Crippen MR) is 54.6 cm³/mol. The molecule has 0 aromatic carbocycles. The van der Waals surface area contributed by atoms with Crippen LogP contribution in [0.1, 0.15) is 18.7 Å². The van der Waals surface area contributed by atoms with Gasteiger partial charge in [-0.1, -0.05) is 6.07 Å². The summed E-state index contributed by atoms with van der Waals surface area (Å²) in [5.41, 5.74) is 0.952. The number of allylic oxidation sites excluding steroid dienone is 1. The molecule has 2 nitrogen and oxygen atoms in total. The van der Waals surface area contributed by atoms with Gasteiger partial charge in [0.1, 0.15) is 0 Å². The van der Waals surface area contributed by atoms with Crippen molar-refractivity contribution in [2.75, 3.05) is 6.61 Å². The van der Waals surface area contributed by atoms with Crippen molar-refractivity contribution in [3.8, 4) is 0 Å². The zero-order chi connectivity index (χ0) is 9.68. The molecule has 3 heteroatoms. The smallest absolute Gasteiger partial charge is 0.331 e. The van der Waals surface area contributed by atoms with Gasteiger partial charge in [-0.05, 0) is 30.9 Å². The van der Waals surface area contributed by atoms with E-state index in [9.17, 15) is 4.79 Å². The normalized spacial score (nSPS) is 11.4. The lowest BCUT2D eigenvalue weighted by atomic mass is 10.2. The van der Waals surface area contributed by atoms with Crippen molar-refractivity contribution in [3.63, 3.8) is 0 Å². The van der Waals surface area contributed by atoms with Gasteiger partial charge < -0.3 is 4.74 Å². The SMILES string of the molecule is CCOC(=O)C=C(C)c1cccs1. The second-order valence-corrected chi connectivity index (χ2v) is 3.50. The molecule has 0 bridgehead atoms. The highest BCUT2D eigenvalue weighted by Gasteiger charge is 2.00. The predicted octanol–water partition coefficient (Wildman–Crippen LogP) is 2.71. The summed E-state index contributed by atoms with van der Waals surface area (Å²) in [5, 5.41) is 1.98. The number of carbonyl (C=O) groups excluding carboxylic acids is 1. The molecule has 0 fully saturated rings. The average Bonchev–Trinajstić information content (AvgIpc) is 2.55. The standard InChI is InChI=1S/C10H12O2S/c1-3-12-10(11)7-8(2)9-5-4-6-13-9/h4-7H,3H2,1-2H3. The minimum absolute atomic E-state index is 0.270. The summed E-state index contributed by atoms with van der Waals surface area (Å²) in [6.07, 6.45) is 1.52. The van der Waals surface area contributed by atoms with E-state index in [1.165, 1.54) is 6.08 Å². The van der Waals surface area contributed by atoms with Crippen molar-refractivity contribution in [1.29, 1.82) is 0 Å². The molecular formula is C10H12O2S. The molecule has 0 aliphatic heterocycles. The van der Waals surface area contributed by atoms with E-state index in [-0.39, 0.29) is 5.97 Å². The van der Waals surface area contributed by atoms with Crippen LogP contribution in [0.4, 0.5) is 0 Å². The number of rotatable bonds is 3. The first-order valence-corrected chi connectivity index (χ1v) is 5.01. The molecule has 0 saturated heterocycles. The lowest BCUT2D eigenvalue weighted by molar-refractivity contribution is -0.137. The number of carbonyl (C=O) groups is 1. The van der Waals surface area contributed by atoms with Crippen molar-refractivity contribution < 1.29 is 9.53 Å². The number of hydrogen-bond acceptors (Lipinski definition) is 3. The quantitative estimate of drug-likeness (QED) is 0.549. The molecule has 0 N–H and O–H groups in total. The molecule has 1 aromatic rings. The number of thiophene rings is 1. The van der Waals surface area contributed by atoms with E-state index in [0.717, 1.165) is 10.5 Å². The van der Waals surface area contributed by atoms with Gasteiger partial charge >= 0.3 is 5.97 Å². The highest BCUT2D eigenvalue weighted by molar-refractivity contribution is 7.11. The molecule has 0 aliphatic rings. The second kappa shape index (κ2) is 4.82. The van der Waals surface area contributed by atoms with Gasteiger partial charge in [-0.15, -0.1) is 11.3 Å². The second-order valence-electron chi connectivity index (χ2n) is 2.56. The molecule has 0 amide bonds. The first kappa shape index (κ1) is 9.99. The van der Waals surface area contributed by atoms with Crippen LogP contribution in [0.15, 0.2) is 23.6 Å². The maximum Gasteiger partial charge on any atom is 0.331 e. The van der Waals surface area contributed by atoms with Crippen molar-refractivity contribution in [1.82, 2.24) is 0 Å². The van der Waals surface area contributed by atoms with E-state index in [2.05, 4.69) is 0 Å². The Balaban J connectivity index is 2.67. The van der Waals surface area contributed by atoms with Crippen LogP contribution in [-0.4, -0.2) is 12.6 Å². The van der Waals surface area contributed by atoms with Crippen LogP contribution in [0.5, 0.6) is 0 Å². The fraction of sp³-hybridized carbons (Fsp3) is 0.300. The van der Waals surface area contributed by atoms with E-state index in [1.807, 2.05) is 24.4 Å². The van der Waals surface area contributed by atoms with E-state index < -0.39 is 0 Å². The van der Waals surface area contributed by atoms with Crippen LogP contribution < -0.4 is 0 Å². The van der Waals surface area contributed by atoms with Gasteiger partial charge in [0.25, 0.3) is 0 Å². The van der Waals surface area contributed by atoms with Gasteiger partial charge in [-0.3, -0.25) is 0 Å². The van der Waals surface area contributed by atoms with Crippen molar-refractivity contribution in [3.05, 3.63) is 28.5 Å². The molecule has 1 heterocycles. The Morgan fingerprint density at radius 2 is 2.46 bits per heavy atom. The summed E-state index contributed by atoms with van der Waals surface area (Å²) in [4.78, 5) is 12.2. The first-order chi connectivity index (χ1) is 6.24. The molecule has 1 rings (SSSR count). The Morgan fingerprint density at radius 1 is 1.69 bits per heavy atom. The zero-order valence-corrected chi connectivity index (χ0v) is 8.56. The van der Waals surface area contributed by atoms with Crippen LogP contribution in [-0.2, 0) is 9.53 Å². The van der Waals surface area contributed by atoms with Gasteiger partial charge in [0.15, 0.2) is 0 Å². The maximum absolute atomic E-state index is 11.1. The average molecular weight is 196 g/mol.